The molecule has 2 rings (SSSR count). The van der Waals surface area contributed by atoms with Gasteiger partial charge in [0, 0.05) is 32.2 Å². The first-order valence-corrected chi connectivity index (χ1v) is 9.04. The number of urea groups is 1. The third-order valence-electron chi connectivity index (χ3n) is 4.23. The van der Waals surface area contributed by atoms with E-state index in [0.717, 1.165) is 26.3 Å². The number of ether oxygens (including phenoxy) is 1. The van der Waals surface area contributed by atoms with Crippen molar-refractivity contribution in [1.82, 2.24) is 20.4 Å². The van der Waals surface area contributed by atoms with Gasteiger partial charge in [-0.15, -0.1) is 0 Å². The zero-order valence-electron chi connectivity index (χ0n) is 14.2. The van der Waals surface area contributed by atoms with Crippen LogP contribution in [0.4, 0.5) is 4.79 Å². The van der Waals surface area contributed by atoms with Crippen LogP contribution in [0.1, 0.15) is 18.5 Å². The van der Waals surface area contributed by atoms with Crippen LogP contribution in [0.25, 0.3) is 0 Å². The van der Waals surface area contributed by atoms with Crippen LogP contribution in [0.15, 0.2) is 16.8 Å². The SMILES string of the molecule is C[C@@H](CNC(=O)NC[C@H](c1ccsc1)N(C)C)N1CCOCC1. The highest BCUT2D eigenvalue weighted by atomic mass is 32.1. The number of carbonyl (C=O) groups is 1. The Kier molecular flexibility index (Phi) is 7.29. The Bertz CT molecular complexity index is 461. The molecule has 1 aromatic heterocycles. The maximum Gasteiger partial charge on any atom is 0.314 e. The van der Waals surface area contributed by atoms with E-state index in [1.54, 1.807) is 11.3 Å². The first kappa shape index (κ1) is 18.2. The average Bonchev–Trinajstić information content (AvgIpc) is 3.07. The smallest absolute Gasteiger partial charge is 0.314 e. The van der Waals surface area contributed by atoms with Gasteiger partial charge < -0.3 is 20.3 Å². The van der Waals surface area contributed by atoms with Crippen molar-refractivity contribution in [2.75, 3.05) is 53.5 Å². The molecular formula is C16H28N4O2S. The van der Waals surface area contributed by atoms with Gasteiger partial charge in [-0.05, 0) is 43.4 Å². The second-order valence-corrected chi connectivity index (χ2v) is 6.90. The molecule has 0 radical (unpaired) electrons. The number of nitrogens with zero attached hydrogens (tertiary/aromatic N) is 2. The van der Waals surface area contributed by atoms with Gasteiger partial charge in [0.25, 0.3) is 0 Å². The van der Waals surface area contributed by atoms with Crippen LogP contribution in [-0.4, -0.2) is 75.4 Å². The first-order chi connectivity index (χ1) is 11.1. The number of morpholine rings is 1. The first-order valence-electron chi connectivity index (χ1n) is 8.10. The normalized spacial score (nSPS) is 18.6. The molecule has 2 N–H and O–H groups in total. The van der Waals surface area contributed by atoms with E-state index in [-0.39, 0.29) is 12.1 Å². The molecular weight excluding hydrogens is 312 g/mol. The molecule has 0 aromatic carbocycles. The fourth-order valence-electron chi connectivity index (χ4n) is 2.70. The number of rotatable bonds is 7. The fraction of sp³-hybridized carbons (Fsp3) is 0.688. The van der Waals surface area contributed by atoms with Gasteiger partial charge in [0.05, 0.1) is 19.3 Å². The Labute approximate surface area is 142 Å². The van der Waals surface area contributed by atoms with Crippen LogP contribution >= 0.6 is 11.3 Å². The van der Waals surface area contributed by atoms with Crippen LogP contribution in [0, 0.1) is 0 Å². The Balaban J connectivity index is 1.71. The molecule has 2 amide bonds. The van der Waals surface area contributed by atoms with E-state index in [4.69, 9.17) is 4.74 Å². The molecule has 1 aromatic rings. The van der Waals surface area contributed by atoms with E-state index in [1.165, 1.54) is 5.56 Å². The summed E-state index contributed by atoms with van der Waals surface area (Å²) in [5.41, 5.74) is 1.24. The maximum atomic E-state index is 12.0. The highest BCUT2D eigenvalue weighted by Gasteiger charge is 2.18. The number of hydrogen-bond acceptors (Lipinski definition) is 5. The van der Waals surface area contributed by atoms with E-state index < -0.39 is 0 Å². The third kappa shape index (κ3) is 5.76. The summed E-state index contributed by atoms with van der Waals surface area (Å²) in [4.78, 5) is 16.5. The van der Waals surface area contributed by atoms with Crippen molar-refractivity contribution in [2.45, 2.75) is 19.0 Å². The Morgan fingerprint density at radius 1 is 1.35 bits per heavy atom. The van der Waals surface area contributed by atoms with Gasteiger partial charge in [-0.1, -0.05) is 0 Å². The van der Waals surface area contributed by atoms with Crippen molar-refractivity contribution in [3.05, 3.63) is 22.4 Å². The molecule has 1 aliphatic rings. The number of amides is 2. The number of likely N-dealkylation sites (N-methyl/N-ethyl adjacent to an activating group) is 1. The van der Waals surface area contributed by atoms with Crippen molar-refractivity contribution in [3.8, 4) is 0 Å². The fourth-order valence-corrected chi connectivity index (χ4v) is 3.41. The Morgan fingerprint density at radius 3 is 2.65 bits per heavy atom. The summed E-state index contributed by atoms with van der Waals surface area (Å²) in [6.07, 6.45) is 0. The van der Waals surface area contributed by atoms with Crippen molar-refractivity contribution >= 4 is 17.4 Å². The summed E-state index contributed by atoms with van der Waals surface area (Å²) in [5, 5.41) is 10.1. The summed E-state index contributed by atoms with van der Waals surface area (Å²) < 4.78 is 5.35. The molecule has 23 heavy (non-hydrogen) atoms. The van der Waals surface area contributed by atoms with Crippen LogP contribution in [0.5, 0.6) is 0 Å². The molecule has 2 atom stereocenters. The van der Waals surface area contributed by atoms with Crippen LogP contribution in [0.2, 0.25) is 0 Å². The Hall–Kier alpha value is -1.15. The maximum absolute atomic E-state index is 12.0. The minimum atomic E-state index is -0.104. The van der Waals surface area contributed by atoms with Gasteiger partial charge >= 0.3 is 6.03 Å². The predicted octanol–water partition coefficient (Wildman–Crippen LogP) is 1.37. The predicted molar refractivity (Wildman–Crippen MR) is 94.0 cm³/mol. The Morgan fingerprint density at radius 2 is 2.04 bits per heavy atom. The topological polar surface area (TPSA) is 56.8 Å². The van der Waals surface area contributed by atoms with Crippen molar-refractivity contribution in [2.24, 2.45) is 0 Å². The monoisotopic (exact) mass is 340 g/mol. The van der Waals surface area contributed by atoms with Crippen LogP contribution < -0.4 is 10.6 Å². The van der Waals surface area contributed by atoms with Gasteiger partial charge in [0.1, 0.15) is 0 Å². The van der Waals surface area contributed by atoms with E-state index in [1.807, 2.05) is 14.1 Å². The lowest BCUT2D eigenvalue weighted by Crippen LogP contribution is -2.49. The van der Waals surface area contributed by atoms with Gasteiger partial charge in [-0.25, -0.2) is 4.79 Å². The molecule has 1 saturated heterocycles. The highest BCUT2D eigenvalue weighted by Crippen LogP contribution is 2.19. The molecule has 6 nitrogen and oxygen atoms in total. The largest absolute Gasteiger partial charge is 0.379 e. The van der Waals surface area contributed by atoms with Gasteiger partial charge in [0.2, 0.25) is 0 Å². The minimum Gasteiger partial charge on any atom is -0.379 e. The minimum absolute atomic E-state index is 0.104. The van der Waals surface area contributed by atoms with Crippen molar-refractivity contribution in [3.63, 3.8) is 0 Å². The molecule has 2 heterocycles. The third-order valence-corrected chi connectivity index (χ3v) is 4.94. The molecule has 7 heteroatoms. The summed E-state index contributed by atoms with van der Waals surface area (Å²) in [6, 6.07) is 2.53. The van der Waals surface area contributed by atoms with Crippen molar-refractivity contribution in [1.29, 1.82) is 0 Å². The lowest BCUT2D eigenvalue weighted by atomic mass is 10.1. The van der Waals surface area contributed by atoms with Gasteiger partial charge in [0.15, 0.2) is 0 Å². The molecule has 130 valence electrons. The van der Waals surface area contributed by atoms with Gasteiger partial charge in [-0.2, -0.15) is 11.3 Å². The number of hydrogen-bond donors (Lipinski definition) is 2. The molecule has 0 bridgehead atoms. The van der Waals surface area contributed by atoms with E-state index in [0.29, 0.717) is 19.1 Å². The van der Waals surface area contributed by atoms with E-state index in [9.17, 15) is 4.79 Å². The summed E-state index contributed by atoms with van der Waals surface area (Å²) in [6.45, 7) is 6.82. The van der Waals surface area contributed by atoms with Gasteiger partial charge in [-0.3, -0.25) is 4.90 Å². The van der Waals surface area contributed by atoms with Crippen molar-refractivity contribution < 1.29 is 9.53 Å². The second kappa shape index (κ2) is 9.22. The second-order valence-electron chi connectivity index (χ2n) is 6.12. The number of nitrogens with one attached hydrogen (secondary N) is 2. The molecule has 0 aliphatic carbocycles. The lowest BCUT2D eigenvalue weighted by Gasteiger charge is -2.32. The zero-order valence-corrected chi connectivity index (χ0v) is 15.1. The number of thiophene rings is 1. The van der Waals surface area contributed by atoms with E-state index >= 15 is 0 Å². The molecule has 0 saturated carbocycles. The standard InChI is InChI=1S/C16H28N4O2S/c1-13(20-5-7-22-8-6-20)10-17-16(21)18-11-15(19(2)3)14-4-9-23-12-14/h4,9,12-13,15H,5-8,10-11H2,1-3H3,(H2,17,18,21)/t13-,15+/m0/s1. The quantitative estimate of drug-likeness (QED) is 0.787. The number of carbonyl (C=O) groups excluding carboxylic acids is 1. The molecule has 0 spiro atoms. The van der Waals surface area contributed by atoms with Crippen LogP contribution in [0.3, 0.4) is 0 Å². The van der Waals surface area contributed by atoms with E-state index in [2.05, 4.69) is 44.2 Å². The molecule has 1 aliphatic heterocycles. The summed E-state index contributed by atoms with van der Waals surface area (Å²) >= 11 is 1.68. The molecule has 0 unspecified atom stereocenters. The summed E-state index contributed by atoms with van der Waals surface area (Å²) in [5.74, 6) is 0. The lowest BCUT2D eigenvalue weighted by molar-refractivity contribution is 0.0209. The van der Waals surface area contributed by atoms with Crippen LogP contribution in [-0.2, 0) is 4.74 Å². The molecule has 1 fully saturated rings. The average molecular weight is 340 g/mol. The highest BCUT2D eigenvalue weighted by molar-refractivity contribution is 7.07. The zero-order chi connectivity index (χ0) is 16.7. The summed E-state index contributed by atoms with van der Waals surface area (Å²) in [7, 11) is 4.06.